The van der Waals surface area contributed by atoms with Crippen LogP contribution in [-0.4, -0.2) is 294 Å². The summed E-state index contributed by atoms with van der Waals surface area (Å²) in [5.74, 6) is -10.2. The van der Waals surface area contributed by atoms with Crippen molar-refractivity contribution in [1.29, 1.82) is 0 Å². The second-order valence-electron chi connectivity index (χ2n) is 35.2. The van der Waals surface area contributed by atoms with E-state index in [1.165, 1.54) is 41.9 Å². The zero-order chi connectivity index (χ0) is 84.0. The number of ether oxygens (including phenoxy) is 12. The molecule has 29 heteroatoms. The van der Waals surface area contributed by atoms with Crippen molar-refractivity contribution in [1.82, 2.24) is 9.80 Å². The number of esters is 2. The predicted molar refractivity (Wildman–Crippen MR) is 413 cm³/mol. The molecule has 1 aromatic carbocycles. The van der Waals surface area contributed by atoms with Crippen molar-refractivity contribution in [3.8, 4) is 0 Å². The number of hydrogen-bond donors (Lipinski definition) is 10. The Morgan fingerprint density at radius 3 is 1.28 bits per heavy atom. The standard InChI is InChI=1S/C83H141N3O26/c1-25-58-82(19,98)68(90)47(7)62(84-102-42-55-32-28-27-29-33-55)43(3)38-78(15,96)72(49(9)66(51(11)74(94)107-58)109-60-40-80(17,100-23)70(92)53(13)105-60)111-76-64(88)56(36-45(5)103-76)85(21)34-30-31-35-86(22)57-37-46(6)104-77(65(57)89)112-73-50(10)67(110-61-41-81(18,101-24)71(93)54(14)106-61)52(12)75(95)108-59(26-2)83(20,99)69(91)48(8)63(87)44(4)39-79(73,16)97/h27-33,43-54,56-61,64-73,76-77,88-93,96-99H,25-26,34-42H2,1-24H3/b31-30+,84-62+/t43-,44-,45?,46?,47+,48+,49+,50+,51-,52-,53?,54?,56?,57?,58-,59-,60?,61?,64?,65?,66+,67+,68-,69-,70?,71?,72-,73-,76?,77?,78+,79+,80?,81?,82-,83-/m1/s1. The molecule has 6 aliphatic rings. The number of cyclic esters (lactones) is 2. The lowest BCUT2D eigenvalue weighted by Gasteiger charge is -2.49. The van der Waals surface area contributed by atoms with Gasteiger partial charge in [0.05, 0.1) is 101 Å². The monoisotopic (exact) mass is 1600 g/mol. The van der Waals surface area contributed by atoms with E-state index in [0.717, 1.165) is 5.56 Å². The third-order valence-corrected chi connectivity index (χ3v) is 25.7. The number of aliphatic hydroxyl groups excluding tert-OH is 6. The first-order valence-electron chi connectivity index (χ1n) is 40.6. The molecule has 6 saturated heterocycles. The Morgan fingerprint density at radius 1 is 0.509 bits per heavy atom. The number of likely N-dealkylation sites (N-methyl/N-ethyl adjacent to an activating group) is 2. The Morgan fingerprint density at radius 2 is 0.893 bits per heavy atom. The molecule has 0 aromatic heterocycles. The summed E-state index contributed by atoms with van der Waals surface area (Å²) in [6, 6.07) is 8.13. The smallest absolute Gasteiger partial charge is 0.311 e. The van der Waals surface area contributed by atoms with Gasteiger partial charge in [0.15, 0.2) is 25.2 Å². The number of oxime groups is 1. The van der Waals surface area contributed by atoms with Crippen LogP contribution in [0.4, 0.5) is 0 Å². The molecular weight excluding hydrogens is 1450 g/mol. The van der Waals surface area contributed by atoms with Crippen LogP contribution in [0.15, 0.2) is 47.6 Å². The van der Waals surface area contributed by atoms with E-state index in [4.69, 9.17) is 61.7 Å². The van der Waals surface area contributed by atoms with Crippen LogP contribution in [-0.2, 0) is 82.7 Å². The fourth-order valence-electron chi connectivity index (χ4n) is 18.4. The van der Waals surface area contributed by atoms with Crippen LogP contribution in [0.5, 0.6) is 0 Å². The van der Waals surface area contributed by atoms with E-state index in [1.807, 2.05) is 87.2 Å². The quantitative estimate of drug-likeness (QED) is 0.0390. The number of hydrogen-bond acceptors (Lipinski definition) is 29. The summed E-state index contributed by atoms with van der Waals surface area (Å²) in [5.41, 5.74) is -9.22. The van der Waals surface area contributed by atoms with E-state index < -0.39 is 234 Å². The molecule has 0 radical (unpaired) electrons. The van der Waals surface area contributed by atoms with Gasteiger partial charge in [-0.05, 0) is 141 Å². The van der Waals surface area contributed by atoms with Gasteiger partial charge in [0, 0.05) is 87.7 Å². The number of nitrogens with zero attached hydrogens (tertiary/aromatic N) is 3. The van der Waals surface area contributed by atoms with Gasteiger partial charge in [0.2, 0.25) is 0 Å². The van der Waals surface area contributed by atoms with E-state index >= 15 is 0 Å². The zero-order valence-electron chi connectivity index (χ0n) is 71.0. The van der Waals surface area contributed by atoms with Crippen molar-refractivity contribution < 1.29 is 127 Å². The molecule has 6 heterocycles. The lowest BCUT2D eigenvalue weighted by Crippen LogP contribution is -2.61. The highest BCUT2D eigenvalue weighted by Gasteiger charge is 2.57. The van der Waals surface area contributed by atoms with Crippen molar-refractivity contribution in [3.05, 3.63) is 48.0 Å². The number of benzene rings is 1. The van der Waals surface area contributed by atoms with Crippen molar-refractivity contribution in [2.24, 2.45) is 52.5 Å². The van der Waals surface area contributed by atoms with Gasteiger partial charge in [-0.2, -0.15) is 0 Å². The number of carbonyl (C=O) groups excluding carboxylic acids is 3. The molecule has 0 saturated carbocycles. The second kappa shape index (κ2) is 39.4. The molecule has 7 rings (SSSR count). The maximum Gasteiger partial charge on any atom is 0.311 e. The lowest BCUT2D eigenvalue weighted by atomic mass is 9.73. The van der Waals surface area contributed by atoms with Crippen LogP contribution in [0.1, 0.15) is 195 Å². The fourth-order valence-corrected chi connectivity index (χ4v) is 18.4. The molecule has 0 aliphatic carbocycles. The summed E-state index contributed by atoms with van der Waals surface area (Å²) in [5, 5.41) is 127. The molecule has 1 aromatic rings. The minimum absolute atomic E-state index is 0.00975. The van der Waals surface area contributed by atoms with Crippen LogP contribution >= 0.6 is 0 Å². The molecular formula is C83H141N3O26. The van der Waals surface area contributed by atoms with E-state index in [-0.39, 0.29) is 50.8 Å². The molecule has 10 N–H and O–H groups in total. The molecule has 6 aliphatic heterocycles. The van der Waals surface area contributed by atoms with E-state index in [9.17, 15) is 65.4 Å². The van der Waals surface area contributed by atoms with Gasteiger partial charge in [0.1, 0.15) is 60.2 Å². The Labute approximate surface area is 664 Å². The zero-order valence-corrected chi connectivity index (χ0v) is 71.0. The van der Waals surface area contributed by atoms with Crippen molar-refractivity contribution in [2.75, 3.05) is 41.4 Å². The maximum absolute atomic E-state index is 14.9. The number of rotatable bonds is 21. The summed E-state index contributed by atoms with van der Waals surface area (Å²) in [4.78, 5) is 53.8. The van der Waals surface area contributed by atoms with Crippen molar-refractivity contribution in [2.45, 2.75) is 365 Å². The number of Topliss-reactive ketones (excluding diaryl/α,β-unsaturated/α-hetero) is 1. The SMILES string of the molecule is CC[C@H]1OC(=O)[C@H](C)[C@@H](OC2CC(C)(OC)C(O)C(C)O2)[C@H](C)[C@@H](OC2OC(C)CC(N(C)C/C=C/CN(C)C3CC(C)OC(O[C@@H]4[C@@H](C)[C@H](OC5CC(C)(OC)C(O)C(C)O5)[C@@H](C)C(=O)O[C@H](CC)[C@@](C)(O)[C@H](O)[C@@H](C)/C(=N/OCc5ccccc5)[C@H](C)C[C@]4(C)O)C3O)C2O)[C@@](C)(O)C[C@@H](C)C(=O)[C@H](C)[C@@H](O)[C@]1(C)O. The fraction of sp³-hybridized carbons (Fsp3) is 0.855. The van der Waals surface area contributed by atoms with Crippen LogP contribution in [0.25, 0.3) is 0 Å². The molecule has 36 atom stereocenters. The second-order valence-corrected chi connectivity index (χ2v) is 35.2. The van der Waals surface area contributed by atoms with Gasteiger partial charge in [-0.3, -0.25) is 24.2 Å². The first kappa shape index (κ1) is 95.3. The highest BCUT2D eigenvalue weighted by molar-refractivity contribution is 5.89. The summed E-state index contributed by atoms with van der Waals surface area (Å²) >= 11 is 0. The summed E-state index contributed by atoms with van der Waals surface area (Å²) in [6.45, 7) is 33.6. The average molecular weight is 1600 g/mol. The number of methoxy groups -OCH3 is 2. The lowest BCUT2D eigenvalue weighted by molar-refractivity contribution is -0.318. The third kappa shape index (κ3) is 22.0. The molecule has 6 fully saturated rings. The topological polar surface area (TPSA) is 392 Å². The third-order valence-electron chi connectivity index (χ3n) is 25.7. The Balaban J connectivity index is 1.16. The van der Waals surface area contributed by atoms with Crippen LogP contribution in [0.3, 0.4) is 0 Å². The largest absolute Gasteiger partial charge is 0.459 e. The molecule has 644 valence electrons. The van der Waals surface area contributed by atoms with Gasteiger partial charge < -0.3 is 113 Å². The molecule has 16 unspecified atom stereocenters. The van der Waals surface area contributed by atoms with Crippen molar-refractivity contribution in [3.63, 3.8) is 0 Å². The molecule has 0 spiro atoms. The Bertz CT molecular complexity index is 3200. The summed E-state index contributed by atoms with van der Waals surface area (Å²) < 4.78 is 77.2. The minimum atomic E-state index is -2.09. The maximum atomic E-state index is 14.9. The van der Waals surface area contributed by atoms with Gasteiger partial charge in [0.25, 0.3) is 0 Å². The number of carbonyl (C=O) groups is 3. The molecule has 29 nitrogen and oxygen atoms in total. The number of aliphatic hydroxyl groups is 10. The average Bonchev–Trinajstić information content (AvgIpc) is 0.774. The summed E-state index contributed by atoms with van der Waals surface area (Å²) in [7, 11) is 6.63. The molecule has 0 amide bonds. The Hall–Kier alpha value is -3.84. The van der Waals surface area contributed by atoms with Gasteiger partial charge in [-0.1, -0.05) is 103 Å². The molecule has 0 bridgehead atoms. The molecule has 112 heavy (non-hydrogen) atoms. The van der Waals surface area contributed by atoms with E-state index in [2.05, 4.69) is 5.16 Å². The van der Waals surface area contributed by atoms with E-state index in [1.54, 1.807) is 90.0 Å². The first-order chi connectivity index (χ1) is 52.1. The minimum Gasteiger partial charge on any atom is -0.459 e. The van der Waals surface area contributed by atoms with Crippen LogP contribution < -0.4 is 0 Å². The normalized spacial score (nSPS) is 46.9. The first-order valence-corrected chi connectivity index (χ1v) is 40.6. The van der Waals surface area contributed by atoms with Gasteiger partial charge in [-0.25, -0.2) is 0 Å². The summed E-state index contributed by atoms with van der Waals surface area (Å²) in [6.07, 6.45) is -19.0. The highest BCUT2D eigenvalue weighted by atomic mass is 16.7. The van der Waals surface area contributed by atoms with E-state index in [0.29, 0.717) is 25.9 Å². The van der Waals surface area contributed by atoms with Gasteiger partial charge in [-0.15, -0.1) is 0 Å². The van der Waals surface area contributed by atoms with Crippen molar-refractivity contribution >= 4 is 23.4 Å². The van der Waals surface area contributed by atoms with Gasteiger partial charge >= 0.3 is 11.9 Å². The highest BCUT2D eigenvalue weighted by Crippen LogP contribution is 2.45. The van der Waals surface area contributed by atoms with Crippen LogP contribution in [0, 0.1) is 47.3 Å². The Kier molecular flexibility index (Phi) is 33.5. The predicted octanol–water partition coefficient (Wildman–Crippen LogP) is 5.89. The van der Waals surface area contributed by atoms with Crippen LogP contribution in [0.2, 0.25) is 0 Å². The number of ketones is 1.